The van der Waals surface area contributed by atoms with Crippen LogP contribution in [-0.2, 0) is 4.79 Å². The van der Waals surface area contributed by atoms with Gasteiger partial charge in [0.05, 0.1) is 0 Å². The minimum atomic E-state index is -0.451. The third-order valence-electron chi connectivity index (χ3n) is 3.33. The average Bonchev–Trinajstić information content (AvgIpc) is 2.42. The molecule has 2 rings (SSSR count). The number of ketones is 1. The molecule has 0 aliphatic heterocycles. The number of hydrogen-bond donors (Lipinski definition) is 0. The van der Waals surface area contributed by atoms with E-state index >= 15 is 0 Å². The zero-order valence-corrected chi connectivity index (χ0v) is 6.90. The molecule has 0 N–H and O–H groups in total. The number of Topliss-reactive ketones (excluding diaryl/α,β-unsaturated/α-hetero) is 1. The first-order valence-corrected chi connectivity index (χ1v) is 4.27. The normalized spacial score (nSPS) is 45.2. The molecular formula is C8H11NO3. The molecule has 4 atom stereocenters. The van der Waals surface area contributed by atoms with Crippen LogP contribution in [0.1, 0.15) is 19.8 Å². The number of hydrogen-bond acceptors (Lipinski definition) is 3. The van der Waals surface area contributed by atoms with Crippen molar-refractivity contribution < 1.29 is 9.72 Å². The summed E-state index contributed by atoms with van der Waals surface area (Å²) in [4.78, 5) is 21.6. The highest BCUT2D eigenvalue weighted by molar-refractivity contribution is 5.85. The van der Waals surface area contributed by atoms with Gasteiger partial charge in [0.25, 0.3) is 0 Å². The lowest BCUT2D eigenvalue weighted by Crippen LogP contribution is -2.36. The van der Waals surface area contributed by atoms with Gasteiger partial charge in [0, 0.05) is 29.1 Å². The Morgan fingerprint density at radius 1 is 1.58 bits per heavy atom. The fourth-order valence-electron chi connectivity index (χ4n) is 2.75. The summed E-state index contributed by atoms with van der Waals surface area (Å²) in [6.07, 6.45) is 1.20. The van der Waals surface area contributed by atoms with Crippen LogP contribution >= 0.6 is 0 Å². The summed E-state index contributed by atoms with van der Waals surface area (Å²) in [5.41, 5.74) is 0. The molecule has 4 nitrogen and oxygen atoms in total. The van der Waals surface area contributed by atoms with Crippen molar-refractivity contribution in [1.29, 1.82) is 0 Å². The Labute approximate surface area is 70.1 Å². The summed E-state index contributed by atoms with van der Waals surface area (Å²) in [5.74, 6) is 0.231. The van der Waals surface area contributed by atoms with Gasteiger partial charge < -0.3 is 0 Å². The first-order valence-electron chi connectivity index (χ1n) is 4.27. The maximum Gasteiger partial charge on any atom is 0.219 e. The van der Waals surface area contributed by atoms with E-state index < -0.39 is 6.04 Å². The van der Waals surface area contributed by atoms with Gasteiger partial charge in [-0.25, -0.2) is 0 Å². The monoisotopic (exact) mass is 169 g/mol. The highest BCUT2D eigenvalue weighted by Crippen LogP contribution is 2.47. The minimum absolute atomic E-state index is 0.00889. The molecule has 12 heavy (non-hydrogen) atoms. The molecule has 2 aliphatic rings. The number of nitrogens with zero attached hydrogens (tertiary/aromatic N) is 1. The SMILES string of the molecule is CC1C2CC(CC2=O)C1[N+](=O)[O-]. The molecule has 4 unspecified atom stereocenters. The van der Waals surface area contributed by atoms with Crippen molar-refractivity contribution in [3.05, 3.63) is 10.1 Å². The third kappa shape index (κ3) is 0.806. The van der Waals surface area contributed by atoms with Crippen molar-refractivity contribution in [1.82, 2.24) is 0 Å². The average molecular weight is 169 g/mol. The van der Waals surface area contributed by atoms with Crippen LogP contribution in [0.25, 0.3) is 0 Å². The van der Waals surface area contributed by atoms with Crippen molar-refractivity contribution in [2.45, 2.75) is 25.8 Å². The first-order chi connectivity index (χ1) is 5.61. The second-order valence-corrected chi connectivity index (χ2v) is 3.91. The summed E-state index contributed by atoms with van der Waals surface area (Å²) >= 11 is 0. The summed E-state index contributed by atoms with van der Waals surface area (Å²) < 4.78 is 0. The quantitative estimate of drug-likeness (QED) is 0.432. The number of nitro groups is 1. The van der Waals surface area contributed by atoms with E-state index in [0.717, 1.165) is 6.42 Å². The fraction of sp³-hybridized carbons (Fsp3) is 0.875. The Kier molecular flexibility index (Phi) is 1.46. The van der Waals surface area contributed by atoms with Crippen LogP contribution in [0.5, 0.6) is 0 Å². The molecule has 2 bridgehead atoms. The largest absolute Gasteiger partial charge is 0.299 e. The Morgan fingerprint density at radius 2 is 2.25 bits per heavy atom. The molecule has 2 aliphatic carbocycles. The maximum absolute atomic E-state index is 11.2. The van der Waals surface area contributed by atoms with E-state index in [1.807, 2.05) is 6.92 Å². The predicted octanol–water partition coefficient (Wildman–Crippen LogP) is 0.877. The molecule has 0 amide bonds. The van der Waals surface area contributed by atoms with Gasteiger partial charge in [-0.15, -0.1) is 0 Å². The first kappa shape index (κ1) is 7.71. The van der Waals surface area contributed by atoms with Crippen molar-refractivity contribution >= 4 is 5.78 Å². The molecule has 4 heteroatoms. The van der Waals surface area contributed by atoms with Crippen LogP contribution in [0.3, 0.4) is 0 Å². The van der Waals surface area contributed by atoms with E-state index in [9.17, 15) is 14.9 Å². The highest BCUT2D eigenvalue weighted by atomic mass is 16.6. The number of rotatable bonds is 1. The molecular weight excluding hydrogens is 158 g/mol. The van der Waals surface area contributed by atoms with Crippen molar-refractivity contribution in [3.63, 3.8) is 0 Å². The summed E-state index contributed by atoms with van der Waals surface area (Å²) in [6.45, 7) is 1.83. The van der Waals surface area contributed by atoms with Crippen molar-refractivity contribution in [2.24, 2.45) is 17.8 Å². The summed E-state index contributed by atoms with van der Waals surface area (Å²) in [5, 5.41) is 10.6. The number of carbonyl (C=O) groups excluding carboxylic acids is 1. The van der Waals surface area contributed by atoms with Crippen molar-refractivity contribution in [2.75, 3.05) is 0 Å². The Hall–Kier alpha value is -0.930. The van der Waals surface area contributed by atoms with Crippen LogP contribution in [0.15, 0.2) is 0 Å². The lowest BCUT2D eigenvalue weighted by atomic mass is 9.85. The molecule has 0 spiro atoms. The van der Waals surface area contributed by atoms with Gasteiger partial charge in [-0.2, -0.15) is 0 Å². The van der Waals surface area contributed by atoms with E-state index in [2.05, 4.69) is 0 Å². The van der Waals surface area contributed by atoms with Crippen LogP contribution in [0.4, 0.5) is 0 Å². The molecule has 0 aromatic heterocycles. The second kappa shape index (κ2) is 2.28. The van der Waals surface area contributed by atoms with Crippen LogP contribution in [0.2, 0.25) is 0 Å². The Balaban J connectivity index is 2.23. The van der Waals surface area contributed by atoms with E-state index in [-0.39, 0.29) is 28.5 Å². The van der Waals surface area contributed by atoms with Crippen LogP contribution in [0, 0.1) is 27.9 Å². The van der Waals surface area contributed by atoms with Gasteiger partial charge >= 0.3 is 0 Å². The maximum atomic E-state index is 11.2. The van der Waals surface area contributed by atoms with Gasteiger partial charge in [0.2, 0.25) is 6.04 Å². The number of carbonyl (C=O) groups is 1. The van der Waals surface area contributed by atoms with Crippen LogP contribution < -0.4 is 0 Å². The molecule has 0 aromatic carbocycles. The van der Waals surface area contributed by atoms with E-state index in [1.165, 1.54) is 0 Å². The molecule has 2 saturated carbocycles. The lowest BCUT2D eigenvalue weighted by molar-refractivity contribution is -0.537. The van der Waals surface area contributed by atoms with Gasteiger partial charge in [-0.05, 0) is 6.42 Å². The standard InChI is InChI=1S/C8H11NO3/c1-4-6-2-5(3-7(6)10)8(4)9(11)12/h4-6,8H,2-3H2,1H3. The molecule has 66 valence electrons. The highest BCUT2D eigenvalue weighted by Gasteiger charge is 2.56. The van der Waals surface area contributed by atoms with E-state index in [1.54, 1.807) is 0 Å². The molecule has 0 heterocycles. The number of fused-ring (bicyclic) bond motifs is 2. The zero-order valence-electron chi connectivity index (χ0n) is 6.90. The molecule has 0 saturated heterocycles. The molecule has 0 radical (unpaired) electrons. The van der Waals surface area contributed by atoms with Gasteiger partial charge in [-0.1, -0.05) is 6.92 Å². The predicted molar refractivity (Wildman–Crippen MR) is 41.2 cm³/mol. The Morgan fingerprint density at radius 3 is 2.67 bits per heavy atom. The Bertz CT molecular complexity index is 249. The smallest absolute Gasteiger partial charge is 0.219 e. The second-order valence-electron chi connectivity index (χ2n) is 3.91. The van der Waals surface area contributed by atoms with Gasteiger partial charge in [0.15, 0.2) is 0 Å². The van der Waals surface area contributed by atoms with Crippen LogP contribution in [-0.4, -0.2) is 16.7 Å². The van der Waals surface area contributed by atoms with E-state index in [4.69, 9.17) is 0 Å². The van der Waals surface area contributed by atoms with Gasteiger partial charge in [0.1, 0.15) is 5.78 Å². The molecule has 2 fully saturated rings. The van der Waals surface area contributed by atoms with Crippen molar-refractivity contribution in [3.8, 4) is 0 Å². The summed E-state index contributed by atoms with van der Waals surface area (Å²) in [7, 11) is 0. The zero-order chi connectivity index (χ0) is 8.88. The minimum Gasteiger partial charge on any atom is -0.299 e. The van der Waals surface area contributed by atoms with E-state index in [0.29, 0.717) is 6.42 Å². The lowest BCUT2D eigenvalue weighted by Gasteiger charge is -2.19. The third-order valence-corrected chi connectivity index (χ3v) is 3.33. The fourth-order valence-corrected chi connectivity index (χ4v) is 2.75. The molecule has 0 aromatic rings. The topological polar surface area (TPSA) is 60.2 Å². The van der Waals surface area contributed by atoms with Gasteiger partial charge in [-0.3, -0.25) is 14.9 Å². The summed E-state index contributed by atoms with van der Waals surface area (Å²) in [6, 6.07) is -0.451.